The van der Waals surface area contributed by atoms with E-state index in [4.69, 9.17) is 6.42 Å². The highest BCUT2D eigenvalue weighted by atomic mass is 16.1. The second-order valence-electron chi connectivity index (χ2n) is 1.61. The Morgan fingerprint density at radius 2 is 2.38 bits per heavy atom. The second-order valence-corrected chi connectivity index (χ2v) is 1.61. The Balaban J connectivity index is 3.66. The fraction of sp³-hybridized carbons (Fsp3) is 0.500. The Morgan fingerprint density at radius 3 is 2.50 bits per heavy atom. The average Bonchev–Trinajstić information content (AvgIpc) is 1.84. The van der Waals surface area contributed by atoms with Crippen molar-refractivity contribution in [3.63, 3.8) is 0 Å². The summed E-state index contributed by atoms with van der Waals surface area (Å²) in [5, 5.41) is 0. The van der Waals surface area contributed by atoms with Crippen molar-refractivity contribution in [2.75, 3.05) is 7.05 Å². The molecular weight excluding hydrogens is 102 g/mol. The summed E-state index contributed by atoms with van der Waals surface area (Å²) >= 11 is 0. The van der Waals surface area contributed by atoms with Crippen molar-refractivity contribution in [2.45, 2.75) is 13.0 Å². The zero-order valence-corrected chi connectivity index (χ0v) is 5.09. The highest BCUT2D eigenvalue weighted by molar-refractivity contribution is 5.47. The van der Waals surface area contributed by atoms with Gasteiger partial charge in [-0.2, -0.15) is 0 Å². The van der Waals surface area contributed by atoms with Gasteiger partial charge in [-0.25, -0.2) is 0 Å². The molecule has 0 spiro atoms. The molecule has 1 atom stereocenters. The SMILES string of the molecule is C#CC(C)N(C)C=O. The number of hydrogen-bond donors (Lipinski definition) is 0. The topological polar surface area (TPSA) is 20.3 Å². The molecule has 0 radical (unpaired) electrons. The molecule has 0 rings (SSSR count). The van der Waals surface area contributed by atoms with Gasteiger partial charge in [0.25, 0.3) is 0 Å². The van der Waals surface area contributed by atoms with Crippen LogP contribution < -0.4 is 0 Å². The Bertz CT molecular complexity index is 114. The highest BCUT2D eigenvalue weighted by Gasteiger charge is 1.98. The highest BCUT2D eigenvalue weighted by Crippen LogP contribution is 1.85. The van der Waals surface area contributed by atoms with Gasteiger partial charge in [-0.15, -0.1) is 6.42 Å². The number of nitrogens with zero attached hydrogens (tertiary/aromatic N) is 1. The van der Waals surface area contributed by atoms with Gasteiger partial charge >= 0.3 is 0 Å². The van der Waals surface area contributed by atoms with Gasteiger partial charge in [-0.3, -0.25) is 4.79 Å². The van der Waals surface area contributed by atoms with E-state index < -0.39 is 0 Å². The molecule has 0 bridgehead atoms. The zero-order chi connectivity index (χ0) is 6.57. The molecule has 0 aliphatic heterocycles. The van der Waals surface area contributed by atoms with Crippen LogP contribution in [-0.4, -0.2) is 24.4 Å². The largest absolute Gasteiger partial charge is 0.335 e. The minimum Gasteiger partial charge on any atom is -0.335 e. The summed E-state index contributed by atoms with van der Waals surface area (Å²) in [7, 11) is 1.65. The standard InChI is InChI=1S/C6H9NO/c1-4-6(2)7(3)5-8/h1,5-6H,2-3H3. The summed E-state index contributed by atoms with van der Waals surface area (Å²) < 4.78 is 0. The first-order valence-corrected chi connectivity index (χ1v) is 2.35. The summed E-state index contributed by atoms with van der Waals surface area (Å²) in [6.07, 6.45) is 5.71. The molecule has 0 saturated carbocycles. The molecule has 0 aromatic rings. The van der Waals surface area contributed by atoms with Crippen molar-refractivity contribution in [2.24, 2.45) is 0 Å². The number of terminal acetylenes is 1. The maximum absolute atomic E-state index is 9.94. The van der Waals surface area contributed by atoms with Gasteiger partial charge in [0, 0.05) is 7.05 Å². The summed E-state index contributed by atoms with van der Waals surface area (Å²) in [5.74, 6) is 2.41. The van der Waals surface area contributed by atoms with Crippen LogP contribution in [0.1, 0.15) is 6.92 Å². The quantitative estimate of drug-likeness (QED) is 0.365. The molecule has 0 heterocycles. The molecule has 2 heteroatoms. The molecule has 0 aliphatic carbocycles. The minimum absolute atomic E-state index is 0.0903. The average molecular weight is 111 g/mol. The fourth-order valence-electron chi connectivity index (χ4n) is 0.209. The summed E-state index contributed by atoms with van der Waals surface area (Å²) in [5.41, 5.74) is 0. The fourth-order valence-corrected chi connectivity index (χ4v) is 0.209. The predicted octanol–water partition coefficient (Wildman–Crippen LogP) is 0.0963. The van der Waals surface area contributed by atoms with Gasteiger partial charge in [-0.05, 0) is 6.92 Å². The second kappa shape index (κ2) is 3.09. The van der Waals surface area contributed by atoms with E-state index in [9.17, 15) is 4.79 Å². The lowest BCUT2D eigenvalue weighted by molar-refractivity contribution is -0.117. The van der Waals surface area contributed by atoms with Crippen molar-refractivity contribution in [3.05, 3.63) is 0 Å². The first-order valence-electron chi connectivity index (χ1n) is 2.35. The van der Waals surface area contributed by atoms with Crippen LogP contribution in [0.25, 0.3) is 0 Å². The molecule has 0 aliphatic rings. The molecule has 1 amide bonds. The van der Waals surface area contributed by atoms with Crippen LogP contribution in [0.3, 0.4) is 0 Å². The van der Waals surface area contributed by atoms with Gasteiger partial charge in [0.15, 0.2) is 0 Å². The van der Waals surface area contributed by atoms with Crippen molar-refractivity contribution >= 4 is 6.41 Å². The number of rotatable bonds is 2. The van der Waals surface area contributed by atoms with E-state index in [0.29, 0.717) is 6.41 Å². The van der Waals surface area contributed by atoms with E-state index >= 15 is 0 Å². The maximum atomic E-state index is 9.94. The monoisotopic (exact) mass is 111 g/mol. The van der Waals surface area contributed by atoms with Gasteiger partial charge in [-0.1, -0.05) is 5.92 Å². The molecular formula is C6H9NO. The van der Waals surface area contributed by atoms with Crippen LogP contribution in [-0.2, 0) is 4.79 Å². The van der Waals surface area contributed by atoms with Crippen LogP contribution in [0.2, 0.25) is 0 Å². The Kier molecular flexibility index (Phi) is 2.71. The van der Waals surface area contributed by atoms with Crippen molar-refractivity contribution < 1.29 is 4.79 Å². The van der Waals surface area contributed by atoms with Crippen LogP contribution >= 0.6 is 0 Å². The number of hydrogen-bond acceptors (Lipinski definition) is 1. The van der Waals surface area contributed by atoms with Crippen LogP contribution in [0.4, 0.5) is 0 Å². The number of carbonyl (C=O) groups is 1. The molecule has 2 nitrogen and oxygen atoms in total. The molecule has 0 aromatic heterocycles. The van der Waals surface area contributed by atoms with Crippen molar-refractivity contribution in [3.8, 4) is 12.3 Å². The molecule has 0 N–H and O–H groups in total. The van der Waals surface area contributed by atoms with Crippen molar-refractivity contribution in [1.29, 1.82) is 0 Å². The van der Waals surface area contributed by atoms with Crippen LogP contribution in [0, 0.1) is 12.3 Å². The summed E-state index contributed by atoms with van der Waals surface area (Å²) in [6.45, 7) is 1.79. The lowest BCUT2D eigenvalue weighted by Crippen LogP contribution is -2.25. The zero-order valence-electron chi connectivity index (χ0n) is 5.09. The third-order valence-corrected chi connectivity index (χ3v) is 1.02. The predicted molar refractivity (Wildman–Crippen MR) is 32.1 cm³/mol. The maximum Gasteiger partial charge on any atom is 0.210 e. The Hall–Kier alpha value is -0.970. The first kappa shape index (κ1) is 7.03. The molecule has 0 fully saturated rings. The van der Waals surface area contributed by atoms with E-state index in [0.717, 1.165) is 0 Å². The van der Waals surface area contributed by atoms with E-state index in [1.54, 1.807) is 14.0 Å². The van der Waals surface area contributed by atoms with Gasteiger partial charge in [0.05, 0.1) is 6.04 Å². The summed E-state index contributed by atoms with van der Waals surface area (Å²) in [6, 6.07) is -0.0903. The normalized spacial score (nSPS) is 11.6. The van der Waals surface area contributed by atoms with E-state index in [-0.39, 0.29) is 6.04 Å². The molecule has 44 valence electrons. The number of carbonyl (C=O) groups excluding carboxylic acids is 1. The smallest absolute Gasteiger partial charge is 0.210 e. The lowest BCUT2D eigenvalue weighted by Gasteiger charge is -2.12. The van der Waals surface area contributed by atoms with E-state index in [1.165, 1.54) is 4.90 Å². The summed E-state index contributed by atoms with van der Waals surface area (Å²) in [4.78, 5) is 11.4. The number of amides is 1. The van der Waals surface area contributed by atoms with Crippen LogP contribution in [0.5, 0.6) is 0 Å². The van der Waals surface area contributed by atoms with Gasteiger partial charge in [0.2, 0.25) is 6.41 Å². The van der Waals surface area contributed by atoms with Gasteiger partial charge in [0.1, 0.15) is 0 Å². The molecule has 8 heavy (non-hydrogen) atoms. The van der Waals surface area contributed by atoms with E-state index in [2.05, 4.69) is 5.92 Å². The Labute approximate surface area is 49.5 Å². The molecule has 0 aromatic carbocycles. The van der Waals surface area contributed by atoms with Gasteiger partial charge < -0.3 is 4.90 Å². The van der Waals surface area contributed by atoms with E-state index in [1.807, 2.05) is 0 Å². The lowest BCUT2D eigenvalue weighted by atomic mass is 10.3. The third-order valence-electron chi connectivity index (χ3n) is 1.02. The molecule has 0 saturated heterocycles. The third kappa shape index (κ3) is 1.65. The van der Waals surface area contributed by atoms with Crippen LogP contribution in [0.15, 0.2) is 0 Å². The minimum atomic E-state index is -0.0903. The molecule has 1 unspecified atom stereocenters. The first-order chi connectivity index (χ1) is 3.72. The van der Waals surface area contributed by atoms with Crippen molar-refractivity contribution in [1.82, 2.24) is 4.90 Å². The Morgan fingerprint density at radius 1 is 1.88 bits per heavy atom.